The third-order valence-corrected chi connectivity index (χ3v) is 6.52. The van der Waals surface area contributed by atoms with Gasteiger partial charge in [-0.05, 0) is 44.2 Å². The minimum absolute atomic E-state index is 0.0392. The lowest BCUT2D eigenvalue weighted by Crippen LogP contribution is -2.66. The third kappa shape index (κ3) is 3.40. The summed E-state index contributed by atoms with van der Waals surface area (Å²) < 4.78 is 1.44. The fourth-order valence-electron chi connectivity index (χ4n) is 5.26. The Morgan fingerprint density at radius 2 is 2.00 bits per heavy atom. The Hall–Kier alpha value is -2.15. The quantitative estimate of drug-likeness (QED) is 0.836. The van der Waals surface area contributed by atoms with Crippen LogP contribution in [0.25, 0.3) is 0 Å². The van der Waals surface area contributed by atoms with Crippen LogP contribution in [0.4, 0.5) is 0 Å². The monoisotopic (exact) mass is 372 g/mol. The molecule has 4 atom stereocenters. The highest BCUT2D eigenvalue weighted by atomic mass is 16.2. The van der Waals surface area contributed by atoms with Crippen molar-refractivity contribution in [3.05, 3.63) is 34.2 Å². The van der Waals surface area contributed by atoms with Crippen molar-refractivity contribution >= 4 is 11.8 Å². The number of nitrogens with one attached hydrogen (secondary N) is 1. The van der Waals surface area contributed by atoms with Crippen LogP contribution in [0.3, 0.4) is 0 Å². The van der Waals surface area contributed by atoms with Crippen molar-refractivity contribution in [1.29, 1.82) is 0 Å². The molecule has 1 aromatic rings. The number of aryl methyl sites for hydroxylation is 1. The van der Waals surface area contributed by atoms with Crippen molar-refractivity contribution in [2.24, 2.45) is 18.9 Å². The first-order valence-corrected chi connectivity index (χ1v) is 9.88. The van der Waals surface area contributed by atoms with Gasteiger partial charge in [-0.15, -0.1) is 0 Å². The van der Waals surface area contributed by atoms with Gasteiger partial charge in [0.2, 0.25) is 5.91 Å². The fourth-order valence-corrected chi connectivity index (χ4v) is 5.26. The molecule has 0 unspecified atom stereocenters. The number of piperidine rings is 3. The van der Waals surface area contributed by atoms with Crippen LogP contribution in [0.15, 0.2) is 23.1 Å². The van der Waals surface area contributed by atoms with Gasteiger partial charge in [0, 0.05) is 57.0 Å². The Balaban J connectivity index is 1.51. The van der Waals surface area contributed by atoms with Gasteiger partial charge in [-0.2, -0.15) is 0 Å². The maximum absolute atomic E-state index is 12.7. The van der Waals surface area contributed by atoms with E-state index in [-0.39, 0.29) is 23.4 Å². The number of likely N-dealkylation sites (tertiary alicyclic amines) is 1. The second-order valence-corrected chi connectivity index (χ2v) is 8.38. The van der Waals surface area contributed by atoms with Gasteiger partial charge in [-0.3, -0.25) is 14.4 Å². The molecule has 3 fully saturated rings. The number of carbonyl (C=O) groups is 2. The van der Waals surface area contributed by atoms with E-state index in [2.05, 4.69) is 22.2 Å². The first-order valence-electron chi connectivity index (χ1n) is 9.88. The molecule has 0 saturated carbocycles. The lowest BCUT2D eigenvalue weighted by Gasteiger charge is -2.56. The molecular formula is C20H28N4O3. The summed E-state index contributed by atoms with van der Waals surface area (Å²) in [6.07, 6.45) is 5.38. The van der Waals surface area contributed by atoms with Crippen LogP contribution >= 0.6 is 0 Å². The summed E-state index contributed by atoms with van der Waals surface area (Å²) in [7, 11) is 3.80. The topological polar surface area (TPSA) is 74.7 Å². The van der Waals surface area contributed by atoms with Crippen LogP contribution in [0.2, 0.25) is 0 Å². The smallest absolute Gasteiger partial charge is 0.251 e. The van der Waals surface area contributed by atoms with Gasteiger partial charge in [-0.25, -0.2) is 0 Å². The molecule has 7 heteroatoms. The summed E-state index contributed by atoms with van der Waals surface area (Å²) >= 11 is 0. The molecule has 4 rings (SSSR count). The summed E-state index contributed by atoms with van der Waals surface area (Å²) in [5.41, 5.74) is 0.164. The van der Waals surface area contributed by atoms with E-state index < -0.39 is 0 Å². The van der Waals surface area contributed by atoms with Gasteiger partial charge in [0.1, 0.15) is 0 Å². The first-order chi connectivity index (χ1) is 12.9. The summed E-state index contributed by atoms with van der Waals surface area (Å²) in [6.45, 7) is 2.46. The van der Waals surface area contributed by atoms with Crippen molar-refractivity contribution in [3.8, 4) is 0 Å². The van der Waals surface area contributed by atoms with E-state index in [0.717, 1.165) is 32.4 Å². The molecule has 146 valence electrons. The molecule has 3 aliphatic heterocycles. The van der Waals surface area contributed by atoms with Crippen LogP contribution in [0, 0.1) is 11.8 Å². The van der Waals surface area contributed by atoms with Gasteiger partial charge in [0.25, 0.3) is 11.5 Å². The molecule has 2 bridgehead atoms. The second-order valence-electron chi connectivity index (χ2n) is 8.38. The van der Waals surface area contributed by atoms with E-state index in [9.17, 15) is 14.4 Å². The fraction of sp³-hybridized carbons (Fsp3) is 0.650. The highest BCUT2D eigenvalue weighted by Crippen LogP contribution is 2.41. The number of rotatable bonds is 3. The molecule has 27 heavy (non-hydrogen) atoms. The van der Waals surface area contributed by atoms with Gasteiger partial charge >= 0.3 is 0 Å². The van der Waals surface area contributed by atoms with E-state index in [4.69, 9.17) is 0 Å². The summed E-state index contributed by atoms with van der Waals surface area (Å²) in [4.78, 5) is 41.5. The molecule has 7 nitrogen and oxygen atoms in total. The molecule has 1 aromatic heterocycles. The van der Waals surface area contributed by atoms with Crippen molar-refractivity contribution < 1.29 is 9.59 Å². The summed E-state index contributed by atoms with van der Waals surface area (Å²) in [6, 6.07) is 3.35. The van der Waals surface area contributed by atoms with Crippen LogP contribution < -0.4 is 10.9 Å². The van der Waals surface area contributed by atoms with Crippen LogP contribution in [-0.4, -0.2) is 64.9 Å². The molecular weight excluding hydrogens is 344 g/mol. The Kier molecular flexibility index (Phi) is 4.80. The average molecular weight is 372 g/mol. The van der Waals surface area contributed by atoms with Crippen molar-refractivity contribution in [1.82, 2.24) is 19.7 Å². The summed E-state index contributed by atoms with van der Waals surface area (Å²) in [5.74, 6) is 0.913. The van der Waals surface area contributed by atoms with Gasteiger partial charge in [-0.1, -0.05) is 0 Å². The van der Waals surface area contributed by atoms with Gasteiger partial charge in [0.05, 0.1) is 6.04 Å². The Morgan fingerprint density at radius 1 is 1.22 bits per heavy atom. The molecule has 0 radical (unpaired) electrons. The lowest BCUT2D eigenvalue weighted by atomic mass is 9.72. The molecule has 0 aromatic carbocycles. The Bertz CT molecular complexity index is 805. The minimum Gasteiger partial charge on any atom is -0.350 e. The van der Waals surface area contributed by atoms with Crippen LogP contribution in [0.5, 0.6) is 0 Å². The highest BCUT2D eigenvalue weighted by Gasteiger charge is 2.48. The number of carbonyl (C=O) groups excluding carboxylic acids is 2. The molecule has 3 aliphatic rings. The Labute approximate surface area is 159 Å². The van der Waals surface area contributed by atoms with Crippen LogP contribution in [0.1, 0.15) is 36.0 Å². The predicted molar refractivity (Wildman–Crippen MR) is 101 cm³/mol. The van der Waals surface area contributed by atoms with E-state index in [0.29, 0.717) is 36.4 Å². The molecule has 3 saturated heterocycles. The Morgan fingerprint density at radius 3 is 2.78 bits per heavy atom. The summed E-state index contributed by atoms with van der Waals surface area (Å²) in [5, 5.41) is 2.99. The molecule has 1 N–H and O–H groups in total. The van der Waals surface area contributed by atoms with E-state index in [1.165, 1.54) is 10.6 Å². The molecule has 2 amide bonds. The minimum atomic E-state index is -0.250. The average Bonchev–Trinajstić information content (AvgIpc) is 2.64. The number of hydrogen-bond donors (Lipinski definition) is 1. The van der Waals surface area contributed by atoms with Crippen molar-refractivity contribution in [2.75, 3.05) is 26.7 Å². The zero-order chi connectivity index (χ0) is 19.1. The number of fused-ring (bicyclic) bond motifs is 4. The molecule has 4 heterocycles. The molecule has 0 spiro atoms. The SMILES string of the molecule is CN1C[C@H]2C[C@@H](C1)[C@H](CNC(=O)c1ccn(C)c(=O)c1)N1C(=O)CCC[C@@H]21. The van der Waals surface area contributed by atoms with Gasteiger partial charge < -0.3 is 19.7 Å². The zero-order valence-corrected chi connectivity index (χ0v) is 16.1. The second kappa shape index (κ2) is 7.11. The largest absolute Gasteiger partial charge is 0.350 e. The number of aromatic nitrogens is 1. The lowest BCUT2D eigenvalue weighted by molar-refractivity contribution is -0.151. The highest BCUT2D eigenvalue weighted by molar-refractivity contribution is 5.94. The maximum Gasteiger partial charge on any atom is 0.251 e. The number of amides is 2. The zero-order valence-electron chi connectivity index (χ0n) is 16.1. The predicted octanol–water partition coefficient (Wildman–Crippen LogP) is 0.446. The third-order valence-electron chi connectivity index (χ3n) is 6.52. The number of nitrogens with zero attached hydrogens (tertiary/aromatic N) is 3. The first kappa shape index (κ1) is 18.2. The van der Waals surface area contributed by atoms with Gasteiger partial charge in [0.15, 0.2) is 0 Å². The van der Waals surface area contributed by atoms with Crippen molar-refractivity contribution in [3.63, 3.8) is 0 Å². The number of hydrogen-bond acceptors (Lipinski definition) is 4. The van der Waals surface area contributed by atoms with E-state index in [1.807, 2.05) is 0 Å². The van der Waals surface area contributed by atoms with Crippen LogP contribution in [-0.2, 0) is 11.8 Å². The van der Waals surface area contributed by atoms with E-state index in [1.54, 1.807) is 19.3 Å². The normalized spacial score (nSPS) is 30.7. The maximum atomic E-state index is 12.7. The van der Waals surface area contributed by atoms with E-state index >= 15 is 0 Å². The molecule has 0 aliphatic carbocycles. The number of pyridine rings is 1. The van der Waals surface area contributed by atoms with Crippen molar-refractivity contribution in [2.45, 2.75) is 37.8 Å². The standard InChI is InChI=1S/C20H28N4O3/c1-22-11-14-8-15(12-22)17(24-16(14)4-3-5-18(24)25)10-21-20(27)13-6-7-23(2)19(26)9-13/h6-7,9,14-17H,3-5,8,10-12H2,1-2H3,(H,21,27)/t14-,15+,16+,17+/m1/s1.